The van der Waals surface area contributed by atoms with Crippen LogP contribution in [0.15, 0.2) is 42.5 Å². The Kier molecular flexibility index (Phi) is 4.08. The first kappa shape index (κ1) is 18.6. The smallest absolute Gasteiger partial charge is 0.398 e. The van der Waals surface area contributed by atoms with Crippen molar-refractivity contribution in [2.24, 2.45) is 0 Å². The fraction of sp³-hybridized carbons (Fsp3) is 0.250. The fourth-order valence-corrected chi connectivity index (χ4v) is 3.60. The molecule has 146 valence electrons. The van der Waals surface area contributed by atoms with Gasteiger partial charge in [-0.1, -0.05) is 12.1 Å². The lowest BCUT2D eigenvalue weighted by atomic mass is 9.79. The summed E-state index contributed by atoms with van der Waals surface area (Å²) in [5.74, 6) is -3.51. The van der Waals surface area contributed by atoms with E-state index >= 15 is 0 Å². The molecule has 0 aliphatic carbocycles. The molecule has 0 amide bonds. The molecule has 0 bridgehead atoms. The number of nitrogens with two attached hydrogens (primary N) is 1. The monoisotopic (exact) mass is 394 g/mol. The molecule has 1 aliphatic rings. The van der Waals surface area contributed by atoms with Gasteiger partial charge in [-0.3, -0.25) is 4.98 Å². The van der Waals surface area contributed by atoms with Crippen LogP contribution in [0.2, 0.25) is 0 Å². The summed E-state index contributed by atoms with van der Waals surface area (Å²) in [5, 5.41) is 0.452. The van der Waals surface area contributed by atoms with Crippen molar-refractivity contribution < 1.29 is 26.7 Å². The highest BCUT2D eigenvalue weighted by molar-refractivity contribution is 5.91. The second-order valence-corrected chi connectivity index (χ2v) is 6.85. The van der Waals surface area contributed by atoms with Crippen LogP contribution in [0.5, 0.6) is 0 Å². The molecule has 1 saturated heterocycles. The van der Waals surface area contributed by atoms with Crippen molar-refractivity contribution in [1.82, 2.24) is 4.98 Å². The van der Waals surface area contributed by atoms with E-state index in [-0.39, 0.29) is 16.8 Å². The van der Waals surface area contributed by atoms with E-state index in [1.165, 1.54) is 6.07 Å². The number of aryl methyl sites for hydroxylation is 1. The number of nitrogen functional groups attached to an aromatic ring is 1. The molecule has 4 rings (SSSR count). The van der Waals surface area contributed by atoms with E-state index in [0.29, 0.717) is 22.7 Å². The molecule has 3 aromatic rings. The van der Waals surface area contributed by atoms with Gasteiger partial charge in [0.1, 0.15) is 11.6 Å². The Labute approximate surface area is 156 Å². The van der Waals surface area contributed by atoms with E-state index < -0.39 is 35.9 Å². The summed E-state index contributed by atoms with van der Waals surface area (Å²) in [5.41, 5.74) is 4.31. The molecule has 0 saturated carbocycles. The van der Waals surface area contributed by atoms with Gasteiger partial charge in [-0.15, -0.1) is 0 Å². The van der Waals surface area contributed by atoms with E-state index in [4.69, 9.17) is 10.5 Å². The molecule has 0 radical (unpaired) electrons. The Morgan fingerprint density at radius 2 is 1.82 bits per heavy atom. The minimum atomic E-state index is -4.76. The van der Waals surface area contributed by atoms with E-state index in [1.807, 2.05) is 0 Å². The van der Waals surface area contributed by atoms with Gasteiger partial charge >= 0.3 is 6.18 Å². The Morgan fingerprint density at radius 3 is 2.43 bits per heavy atom. The summed E-state index contributed by atoms with van der Waals surface area (Å²) >= 11 is 0. The van der Waals surface area contributed by atoms with Gasteiger partial charge in [0, 0.05) is 22.8 Å². The highest BCUT2D eigenvalue weighted by Gasteiger charge is 2.71. The van der Waals surface area contributed by atoms with Crippen LogP contribution >= 0.6 is 0 Å². The van der Waals surface area contributed by atoms with Crippen molar-refractivity contribution in [3.8, 4) is 0 Å². The Balaban J connectivity index is 2.01. The van der Waals surface area contributed by atoms with Gasteiger partial charge in [-0.05, 0) is 42.3 Å². The number of hydrogen-bond donors (Lipinski definition) is 1. The predicted octanol–water partition coefficient (Wildman–Crippen LogP) is 4.87. The van der Waals surface area contributed by atoms with Crippen LogP contribution in [0, 0.1) is 18.6 Å². The summed E-state index contributed by atoms with van der Waals surface area (Å²) in [6.07, 6.45) is -4.76. The minimum absolute atomic E-state index is 0.130. The molecule has 1 fully saturated rings. The van der Waals surface area contributed by atoms with Crippen molar-refractivity contribution in [1.29, 1.82) is 0 Å². The van der Waals surface area contributed by atoms with Crippen LogP contribution in [0.25, 0.3) is 10.9 Å². The number of epoxide rings is 1. The first-order chi connectivity index (χ1) is 13.1. The molecular formula is C20H15F5N2O. The van der Waals surface area contributed by atoms with E-state index in [2.05, 4.69) is 4.98 Å². The van der Waals surface area contributed by atoms with Gasteiger partial charge in [0.25, 0.3) is 0 Å². The lowest BCUT2D eigenvalue weighted by molar-refractivity contribution is -0.187. The average molecular weight is 394 g/mol. The third-order valence-corrected chi connectivity index (χ3v) is 5.11. The molecule has 8 heteroatoms. The molecule has 2 unspecified atom stereocenters. The molecule has 1 aromatic heterocycles. The second kappa shape index (κ2) is 6.13. The molecule has 2 heterocycles. The number of anilines is 1. The highest BCUT2D eigenvalue weighted by Crippen LogP contribution is 2.56. The number of alkyl halides is 3. The second-order valence-electron chi connectivity index (χ2n) is 6.85. The van der Waals surface area contributed by atoms with E-state index in [9.17, 15) is 22.0 Å². The Hall–Kier alpha value is -2.74. The zero-order chi connectivity index (χ0) is 20.3. The van der Waals surface area contributed by atoms with Crippen molar-refractivity contribution in [3.05, 3.63) is 70.9 Å². The van der Waals surface area contributed by atoms with Gasteiger partial charge in [0.2, 0.25) is 0 Å². The van der Waals surface area contributed by atoms with Gasteiger partial charge in [0.05, 0.1) is 18.0 Å². The highest BCUT2D eigenvalue weighted by atomic mass is 19.4. The van der Waals surface area contributed by atoms with Crippen LogP contribution in [0.3, 0.4) is 0 Å². The van der Waals surface area contributed by atoms with Crippen LogP contribution < -0.4 is 5.73 Å². The molecule has 2 N–H and O–H groups in total. The lowest BCUT2D eigenvalue weighted by Crippen LogP contribution is -2.40. The molecule has 2 aromatic carbocycles. The zero-order valence-electron chi connectivity index (χ0n) is 14.6. The molecular weight excluding hydrogens is 379 g/mol. The van der Waals surface area contributed by atoms with Gasteiger partial charge in [-0.2, -0.15) is 13.2 Å². The Morgan fingerprint density at radius 1 is 1.11 bits per heavy atom. The number of hydrogen-bond acceptors (Lipinski definition) is 3. The van der Waals surface area contributed by atoms with E-state index in [0.717, 1.165) is 12.1 Å². The first-order valence-electron chi connectivity index (χ1n) is 8.45. The molecule has 28 heavy (non-hydrogen) atoms. The van der Waals surface area contributed by atoms with E-state index in [1.54, 1.807) is 25.1 Å². The fourth-order valence-electron chi connectivity index (χ4n) is 3.60. The van der Waals surface area contributed by atoms with Crippen LogP contribution in [-0.2, 0) is 4.74 Å². The number of fused-ring (bicyclic) bond motifs is 1. The first-order valence-corrected chi connectivity index (χ1v) is 8.45. The maximum Gasteiger partial charge on any atom is 0.420 e. The molecule has 1 aliphatic heterocycles. The summed E-state index contributed by atoms with van der Waals surface area (Å²) in [6, 6.07) is 8.95. The molecule has 3 nitrogen and oxygen atoms in total. The summed E-state index contributed by atoms with van der Waals surface area (Å²) < 4.78 is 74.5. The van der Waals surface area contributed by atoms with Crippen molar-refractivity contribution >= 4 is 16.6 Å². The number of rotatable bonds is 3. The predicted molar refractivity (Wildman–Crippen MR) is 93.8 cm³/mol. The Bertz CT molecular complexity index is 1080. The summed E-state index contributed by atoms with van der Waals surface area (Å²) in [4.78, 5) is 4.35. The minimum Gasteiger partial charge on any atom is -0.398 e. The van der Waals surface area contributed by atoms with Gasteiger partial charge in [0.15, 0.2) is 5.60 Å². The lowest BCUT2D eigenvalue weighted by Gasteiger charge is -2.28. The van der Waals surface area contributed by atoms with Crippen LogP contribution in [-0.4, -0.2) is 23.4 Å². The third kappa shape index (κ3) is 2.79. The maximum atomic E-state index is 14.5. The number of pyridine rings is 1. The standard InChI is InChI=1S/C20H15F5N2O/c1-10-13(8-14-16(26)3-2-4-17(14)27-10)18(19(9-28-19)20(23,24)25)12-6-5-11(21)7-15(12)22/h2-8,18H,9,26H2,1H3. The maximum absolute atomic E-state index is 14.5. The van der Waals surface area contributed by atoms with Gasteiger partial charge < -0.3 is 10.5 Å². The molecule has 0 spiro atoms. The van der Waals surface area contributed by atoms with Crippen molar-refractivity contribution in [2.75, 3.05) is 12.3 Å². The summed E-state index contributed by atoms with van der Waals surface area (Å²) in [7, 11) is 0. The van der Waals surface area contributed by atoms with Crippen molar-refractivity contribution in [2.45, 2.75) is 24.6 Å². The van der Waals surface area contributed by atoms with Gasteiger partial charge in [-0.25, -0.2) is 8.78 Å². The van der Waals surface area contributed by atoms with Crippen molar-refractivity contribution in [3.63, 3.8) is 0 Å². The largest absolute Gasteiger partial charge is 0.420 e. The van der Waals surface area contributed by atoms with Crippen LogP contribution in [0.4, 0.5) is 27.6 Å². The average Bonchev–Trinajstić information content (AvgIpc) is 3.39. The van der Waals surface area contributed by atoms with Crippen LogP contribution in [0.1, 0.15) is 22.7 Å². The SMILES string of the molecule is Cc1nc2cccc(N)c2cc1C(c1ccc(F)cc1F)C1(C(F)(F)F)CO1. The topological polar surface area (TPSA) is 51.4 Å². The number of ether oxygens (including phenoxy) is 1. The quantitative estimate of drug-likeness (QED) is 0.392. The summed E-state index contributed by atoms with van der Waals surface area (Å²) in [6.45, 7) is 0.915. The number of nitrogens with zero attached hydrogens (tertiary/aromatic N) is 1. The third-order valence-electron chi connectivity index (χ3n) is 5.11. The molecule has 2 atom stereocenters. The number of benzene rings is 2. The normalized spacial score (nSPS) is 20.4. The zero-order valence-corrected chi connectivity index (χ0v) is 14.6. The number of halogens is 5. The number of aromatic nitrogens is 1.